The molecule has 1 saturated heterocycles. The van der Waals surface area contributed by atoms with Gasteiger partial charge in [-0.15, -0.1) is 0 Å². The molecule has 0 amide bonds. The van der Waals surface area contributed by atoms with Crippen LogP contribution < -0.4 is 15.1 Å². The lowest BCUT2D eigenvalue weighted by atomic mass is 10.1. The summed E-state index contributed by atoms with van der Waals surface area (Å²) < 4.78 is 13.0. The van der Waals surface area contributed by atoms with Crippen LogP contribution in [0.25, 0.3) is 0 Å². The summed E-state index contributed by atoms with van der Waals surface area (Å²) in [5, 5.41) is 3.56. The van der Waals surface area contributed by atoms with E-state index in [4.69, 9.17) is 0 Å². The Hall–Kier alpha value is -2.44. The molecule has 0 aromatic carbocycles. The van der Waals surface area contributed by atoms with Crippen molar-refractivity contribution < 1.29 is 4.39 Å². The quantitative estimate of drug-likeness (QED) is 0.930. The summed E-state index contributed by atoms with van der Waals surface area (Å²) in [6.07, 6.45) is 7.42. The Balaban J connectivity index is 1.58. The van der Waals surface area contributed by atoms with Gasteiger partial charge in [0.15, 0.2) is 5.82 Å². The van der Waals surface area contributed by atoms with Crippen LogP contribution in [0.1, 0.15) is 19.3 Å². The van der Waals surface area contributed by atoms with Crippen LogP contribution in [-0.4, -0.2) is 48.2 Å². The van der Waals surface area contributed by atoms with Crippen molar-refractivity contribution in [2.24, 2.45) is 0 Å². The maximum absolute atomic E-state index is 13.0. The molecular weight excluding hydrogens is 307 g/mol. The van der Waals surface area contributed by atoms with Gasteiger partial charge in [-0.1, -0.05) is 0 Å². The van der Waals surface area contributed by atoms with Gasteiger partial charge in [0.1, 0.15) is 5.82 Å². The standard InChI is InChI=1S/C17H23FN6/c1-23(2)16-6-5-15(12-19-16)22-14-4-3-8-24(9-7-14)17-20-10-13(18)11-21-17/h5-6,10-12,14,22H,3-4,7-9H2,1-2H3/t14-/m0/s1. The third-order valence-corrected chi connectivity index (χ3v) is 4.19. The van der Waals surface area contributed by atoms with Crippen molar-refractivity contribution in [2.45, 2.75) is 25.3 Å². The van der Waals surface area contributed by atoms with E-state index in [9.17, 15) is 4.39 Å². The van der Waals surface area contributed by atoms with Crippen molar-refractivity contribution in [2.75, 3.05) is 42.3 Å². The lowest BCUT2D eigenvalue weighted by Crippen LogP contribution is -2.27. The van der Waals surface area contributed by atoms with Crippen LogP contribution in [0.2, 0.25) is 0 Å². The molecule has 0 radical (unpaired) electrons. The molecule has 0 spiro atoms. The molecule has 2 aromatic rings. The molecule has 6 nitrogen and oxygen atoms in total. The fourth-order valence-electron chi connectivity index (χ4n) is 2.88. The van der Waals surface area contributed by atoms with Crippen LogP contribution in [0.15, 0.2) is 30.7 Å². The first-order valence-corrected chi connectivity index (χ1v) is 8.24. The van der Waals surface area contributed by atoms with Crippen LogP contribution in [-0.2, 0) is 0 Å². The van der Waals surface area contributed by atoms with Gasteiger partial charge in [0, 0.05) is 33.2 Å². The minimum atomic E-state index is -0.401. The number of nitrogens with one attached hydrogen (secondary N) is 1. The summed E-state index contributed by atoms with van der Waals surface area (Å²) in [6, 6.07) is 4.47. The molecule has 0 bridgehead atoms. The average molecular weight is 330 g/mol. The summed E-state index contributed by atoms with van der Waals surface area (Å²) in [4.78, 5) is 16.7. The van der Waals surface area contributed by atoms with Crippen LogP contribution in [0, 0.1) is 5.82 Å². The van der Waals surface area contributed by atoms with E-state index in [1.807, 2.05) is 31.3 Å². The number of pyridine rings is 1. The van der Waals surface area contributed by atoms with E-state index < -0.39 is 5.82 Å². The number of nitrogens with zero attached hydrogens (tertiary/aromatic N) is 5. The van der Waals surface area contributed by atoms with E-state index in [1.165, 1.54) is 12.4 Å². The second-order valence-corrected chi connectivity index (χ2v) is 6.26. The molecule has 128 valence electrons. The molecule has 3 rings (SSSR count). The third-order valence-electron chi connectivity index (χ3n) is 4.19. The van der Waals surface area contributed by atoms with E-state index in [1.54, 1.807) is 0 Å². The number of anilines is 3. The lowest BCUT2D eigenvalue weighted by Gasteiger charge is -2.21. The smallest absolute Gasteiger partial charge is 0.225 e. The fourth-order valence-corrected chi connectivity index (χ4v) is 2.88. The Kier molecular flexibility index (Phi) is 5.08. The van der Waals surface area contributed by atoms with Crippen LogP contribution in [0.5, 0.6) is 0 Å². The summed E-state index contributed by atoms with van der Waals surface area (Å²) in [5.74, 6) is 1.15. The molecule has 2 aromatic heterocycles. The molecule has 0 unspecified atom stereocenters. The molecule has 3 heterocycles. The Labute approximate surface area is 141 Å². The number of rotatable bonds is 4. The van der Waals surface area contributed by atoms with Gasteiger partial charge in [0.2, 0.25) is 5.95 Å². The van der Waals surface area contributed by atoms with Gasteiger partial charge in [-0.25, -0.2) is 19.3 Å². The van der Waals surface area contributed by atoms with Gasteiger partial charge in [0.25, 0.3) is 0 Å². The highest BCUT2D eigenvalue weighted by atomic mass is 19.1. The molecule has 1 N–H and O–H groups in total. The fraction of sp³-hybridized carbons (Fsp3) is 0.471. The molecule has 0 saturated carbocycles. The van der Waals surface area contributed by atoms with Crippen molar-refractivity contribution in [3.63, 3.8) is 0 Å². The first-order chi connectivity index (χ1) is 11.6. The highest BCUT2D eigenvalue weighted by molar-refractivity contribution is 5.48. The maximum atomic E-state index is 13.0. The van der Waals surface area contributed by atoms with Crippen LogP contribution in [0.3, 0.4) is 0 Å². The molecule has 1 fully saturated rings. The predicted octanol–water partition coefficient (Wildman–Crippen LogP) is 2.55. The number of aromatic nitrogens is 3. The number of hydrogen-bond acceptors (Lipinski definition) is 6. The van der Waals surface area contributed by atoms with Crippen molar-refractivity contribution in [3.05, 3.63) is 36.5 Å². The zero-order valence-corrected chi connectivity index (χ0v) is 14.1. The minimum Gasteiger partial charge on any atom is -0.381 e. The van der Waals surface area contributed by atoms with Crippen molar-refractivity contribution in [3.8, 4) is 0 Å². The molecule has 7 heteroatoms. The van der Waals surface area contributed by atoms with Gasteiger partial charge < -0.3 is 15.1 Å². The van der Waals surface area contributed by atoms with Gasteiger partial charge in [0.05, 0.1) is 24.3 Å². The van der Waals surface area contributed by atoms with Crippen molar-refractivity contribution >= 4 is 17.5 Å². The van der Waals surface area contributed by atoms with Crippen LogP contribution in [0.4, 0.5) is 21.8 Å². The topological polar surface area (TPSA) is 57.2 Å². The van der Waals surface area contributed by atoms with Gasteiger partial charge in [-0.3, -0.25) is 0 Å². The lowest BCUT2D eigenvalue weighted by molar-refractivity contribution is 0.610. The van der Waals surface area contributed by atoms with E-state index in [0.717, 1.165) is 43.9 Å². The normalized spacial score (nSPS) is 18.1. The van der Waals surface area contributed by atoms with Gasteiger partial charge in [-0.05, 0) is 31.4 Å². The summed E-state index contributed by atoms with van der Waals surface area (Å²) >= 11 is 0. The molecule has 1 atom stereocenters. The van der Waals surface area contributed by atoms with Crippen LogP contribution >= 0.6 is 0 Å². The minimum absolute atomic E-state index is 0.391. The SMILES string of the molecule is CN(C)c1ccc(N[C@H]2CCCN(c3ncc(F)cn3)CC2)cn1. The number of halogens is 1. The Morgan fingerprint density at radius 1 is 1.08 bits per heavy atom. The second kappa shape index (κ2) is 7.42. The molecule has 1 aliphatic heterocycles. The largest absolute Gasteiger partial charge is 0.381 e. The molecule has 24 heavy (non-hydrogen) atoms. The Morgan fingerprint density at radius 3 is 2.54 bits per heavy atom. The van der Waals surface area contributed by atoms with Crippen molar-refractivity contribution in [1.82, 2.24) is 15.0 Å². The summed E-state index contributed by atoms with van der Waals surface area (Å²) in [5.41, 5.74) is 1.04. The second-order valence-electron chi connectivity index (χ2n) is 6.26. The number of hydrogen-bond donors (Lipinski definition) is 1. The van der Waals surface area contributed by atoms with E-state index in [2.05, 4.69) is 31.2 Å². The highest BCUT2D eigenvalue weighted by Gasteiger charge is 2.18. The van der Waals surface area contributed by atoms with E-state index >= 15 is 0 Å². The summed E-state index contributed by atoms with van der Waals surface area (Å²) in [6.45, 7) is 1.74. The zero-order valence-electron chi connectivity index (χ0n) is 14.1. The third kappa shape index (κ3) is 4.10. The highest BCUT2D eigenvalue weighted by Crippen LogP contribution is 2.20. The van der Waals surface area contributed by atoms with E-state index in [-0.39, 0.29) is 0 Å². The Bertz CT molecular complexity index is 643. The Morgan fingerprint density at radius 2 is 1.88 bits per heavy atom. The molecule has 1 aliphatic rings. The summed E-state index contributed by atoms with van der Waals surface area (Å²) in [7, 11) is 3.96. The first kappa shape index (κ1) is 16.4. The van der Waals surface area contributed by atoms with Crippen molar-refractivity contribution in [1.29, 1.82) is 0 Å². The zero-order chi connectivity index (χ0) is 16.9. The molecular formula is C17H23FN6. The van der Waals surface area contributed by atoms with E-state index in [0.29, 0.717) is 12.0 Å². The monoisotopic (exact) mass is 330 g/mol. The molecule has 0 aliphatic carbocycles. The van der Waals surface area contributed by atoms with Gasteiger partial charge >= 0.3 is 0 Å². The maximum Gasteiger partial charge on any atom is 0.225 e. The van der Waals surface area contributed by atoms with Gasteiger partial charge in [-0.2, -0.15) is 0 Å². The predicted molar refractivity (Wildman–Crippen MR) is 94.0 cm³/mol. The average Bonchev–Trinajstić information content (AvgIpc) is 2.82. The first-order valence-electron chi connectivity index (χ1n) is 8.24.